The average molecular weight is 447 g/mol. The zero-order valence-electron chi connectivity index (χ0n) is 18.4. The van der Waals surface area contributed by atoms with Gasteiger partial charge < -0.3 is 10.5 Å². The molecule has 3 aromatic rings. The minimum Gasteiger partial charge on any atom is -0.449 e. The average Bonchev–Trinajstić information content (AvgIpc) is 3.39. The fraction of sp³-hybridized carbons (Fsp3) is 0.360. The summed E-state index contributed by atoms with van der Waals surface area (Å²) in [6.45, 7) is 1.50. The van der Waals surface area contributed by atoms with E-state index in [0.717, 1.165) is 35.0 Å². The predicted molar refractivity (Wildman–Crippen MR) is 123 cm³/mol. The Bertz CT molecular complexity index is 1240. The number of nitrogens with one attached hydrogen (secondary N) is 1. The number of carbonyl (C=O) groups is 3. The maximum atomic E-state index is 12.7. The van der Waals surface area contributed by atoms with Gasteiger partial charge in [0.1, 0.15) is 0 Å². The first-order chi connectivity index (χ1) is 15.9. The number of carbonyl (C=O) groups excluding carboxylic acids is 3. The van der Waals surface area contributed by atoms with Crippen molar-refractivity contribution >= 4 is 40.1 Å². The van der Waals surface area contributed by atoms with Gasteiger partial charge in [-0.15, -0.1) is 0 Å². The van der Waals surface area contributed by atoms with Crippen molar-refractivity contribution in [3.8, 4) is 0 Å². The molecule has 2 aliphatic rings. The first-order valence-electron chi connectivity index (χ1n) is 11.2. The Morgan fingerprint density at radius 3 is 2.61 bits per heavy atom. The van der Waals surface area contributed by atoms with Crippen LogP contribution in [-0.4, -0.2) is 33.6 Å². The van der Waals surface area contributed by atoms with Crippen molar-refractivity contribution in [3.05, 3.63) is 54.2 Å². The number of ether oxygens (including phenoxy) is 1. The Kier molecular flexibility index (Phi) is 5.15. The number of nitrogens with two attached hydrogens (primary N) is 1. The molecule has 0 spiro atoms. The summed E-state index contributed by atoms with van der Waals surface area (Å²) in [6.07, 6.45) is 2.90. The van der Waals surface area contributed by atoms with E-state index in [1.165, 1.54) is 6.92 Å². The molecular weight excluding hydrogens is 420 g/mol. The number of esters is 1. The summed E-state index contributed by atoms with van der Waals surface area (Å²) in [5.74, 6) is -0.838. The van der Waals surface area contributed by atoms with Crippen LogP contribution in [-0.2, 0) is 19.1 Å². The van der Waals surface area contributed by atoms with Crippen LogP contribution in [0, 0.1) is 5.92 Å². The van der Waals surface area contributed by atoms with Crippen LogP contribution in [0.4, 0.5) is 11.5 Å². The molecule has 0 saturated heterocycles. The lowest BCUT2D eigenvalue weighted by Crippen LogP contribution is -2.46. The van der Waals surface area contributed by atoms with Gasteiger partial charge in [0.25, 0.3) is 5.91 Å². The van der Waals surface area contributed by atoms with Crippen molar-refractivity contribution in [2.24, 2.45) is 11.7 Å². The molecule has 2 atom stereocenters. The number of hydrogen-bond acceptors (Lipinski definition) is 5. The smallest absolute Gasteiger partial charge is 0.309 e. The Morgan fingerprint density at radius 1 is 1.12 bits per heavy atom. The number of aromatic nitrogens is 2. The summed E-state index contributed by atoms with van der Waals surface area (Å²) < 4.78 is 5.63. The van der Waals surface area contributed by atoms with E-state index in [2.05, 4.69) is 10.2 Å². The number of nitrogens with zero attached hydrogens (tertiary/aromatic N) is 2. The molecule has 0 aliphatic heterocycles. The molecule has 2 saturated carbocycles. The van der Waals surface area contributed by atoms with Gasteiger partial charge in [0.2, 0.25) is 5.91 Å². The molecule has 1 heterocycles. The number of fused-ring (bicyclic) bond motifs is 1. The third kappa shape index (κ3) is 3.86. The van der Waals surface area contributed by atoms with Gasteiger partial charge in [-0.25, -0.2) is 0 Å². The second-order valence-corrected chi connectivity index (χ2v) is 9.03. The topological polar surface area (TPSA) is 118 Å². The summed E-state index contributed by atoms with van der Waals surface area (Å²) in [5.41, 5.74) is 5.91. The van der Waals surface area contributed by atoms with Crippen LogP contribution in [0.25, 0.3) is 10.8 Å². The van der Waals surface area contributed by atoms with Gasteiger partial charge in [0.05, 0.1) is 11.6 Å². The van der Waals surface area contributed by atoms with Crippen LogP contribution < -0.4 is 10.6 Å². The lowest BCUT2D eigenvalue weighted by atomic mass is 9.97. The molecule has 2 aliphatic carbocycles. The van der Waals surface area contributed by atoms with Crippen molar-refractivity contribution in [2.75, 3.05) is 4.90 Å². The molecule has 8 nitrogen and oxygen atoms in total. The standard InChI is InChI=1S/C25H26N4O4/c1-15(30)29(21-8-4-6-16-5-2-3-7-19(16)21)22-13-20(27-28-22)18-11-12-25(14-18,24(26)32)33-23(31)17-9-10-17/h2-8,13,17-18H,9-12,14H2,1H3,(H2,26,32)(H,27,28). The summed E-state index contributed by atoms with van der Waals surface area (Å²) in [5, 5.41) is 9.41. The van der Waals surface area contributed by atoms with Crippen molar-refractivity contribution in [2.45, 2.75) is 50.5 Å². The molecule has 33 heavy (non-hydrogen) atoms. The van der Waals surface area contributed by atoms with Crippen molar-refractivity contribution < 1.29 is 19.1 Å². The van der Waals surface area contributed by atoms with Crippen LogP contribution in [0.3, 0.4) is 0 Å². The minimum atomic E-state index is -1.29. The zero-order chi connectivity index (χ0) is 23.2. The van der Waals surface area contributed by atoms with Crippen LogP contribution in [0.1, 0.15) is 50.6 Å². The van der Waals surface area contributed by atoms with E-state index in [1.54, 1.807) is 4.90 Å². The quantitative estimate of drug-likeness (QED) is 0.560. The molecule has 3 N–H and O–H groups in total. The largest absolute Gasteiger partial charge is 0.449 e. The Morgan fingerprint density at radius 2 is 1.88 bits per heavy atom. The van der Waals surface area contributed by atoms with Gasteiger partial charge in [-0.2, -0.15) is 5.10 Å². The molecule has 0 radical (unpaired) electrons. The molecule has 2 amide bonds. The van der Waals surface area contributed by atoms with Gasteiger partial charge in [0.15, 0.2) is 11.4 Å². The number of H-pyrrole nitrogens is 1. The van der Waals surface area contributed by atoms with Crippen LogP contribution in [0.5, 0.6) is 0 Å². The fourth-order valence-corrected chi connectivity index (χ4v) is 4.74. The fourth-order valence-electron chi connectivity index (χ4n) is 4.74. The number of aromatic amines is 1. The first-order valence-corrected chi connectivity index (χ1v) is 11.2. The molecular formula is C25H26N4O4. The normalized spacial score (nSPS) is 22.3. The van der Waals surface area contributed by atoms with E-state index in [0.29, 0.717) is 25.1 Å². The van der Waals surface area contributed by atoms with Gasteiger partial charge in [-0.3, -0.25) is 24.4 Å². The molecule has 2 unspecified atom stereocenters. The Labute approximate surface area is 191 Å². The number of primary amides is 1. The molecule has 1 aromatic heterocycles. The van der Waals surface area contributed by atoms with Crippen molar-refractivity contribution in [3.63, 3.8) is 0 Å². The van der Waals surface area contributed by atoms with Crippen molar-refractivity contribution in [1.29, 1.82) is 0 Å². The molecule has 0 bridgehead atoms. The molecule has 8 heteroatoms. The highest BCUT2D eigenvalue weighted by atomic mass is 16.6. The molecule has 5 rings (SSSR count). The number of anilines is 2. The van der Waals surface area contributed by atoms with Crippen molar-refractivity contribution in [1.82, 2.24) is 10.2 Å². The van der Waals surface area contributed by atoms with Crippen LogP contribution in [0.2, 0.25) is 0 Å². The zero-order valence-corrected chi connectivity index (χ0v) is 18.4. The van der Waals surface area contributed by atoms with E-state index in [4.69, 9.17) is 10.5 Å². The van der Waals surface area contributed by atoms with E-state index < -0.39 is 11.5 Å². The maximum Gasteiger partial charge on any atom is 0.309 e. The molecule has 2 aromatic carbocycles. The third-order valence-corrected chi connectivity index (χ3v) is 6.70. The minimum absolute atomic E-state index is 0.0907. The second-order valence-electron chi connectivity index (χ2n) is 9.03. The maximum absolute atomic E-state index is 12.7. The highest BCUT2D eigenvalue weighted by Crippen LogP contribution is 2.45. The van der Waals surface area contributed by atoms with E-state index in [9.17, 15) is 14.4 Å². The monoisotopic (exact) mass is 446 g/mol. The number of amides is 2. The third-order valence-electron chi connectivity index (χ3n) is 6.70. The van der Waals surface area contributed by atoms with E-state index in [-0.39, 0.29) is 23.7 Å². The van der Waals surface area contributed by atoms with Crippen LogP contribution >= 0.6 is 0 Å². The first kappa shape index (κ1) is 21.2. The molecule has 2 fully saturated rings. The van der Waals surface area contributed by atoms with Gasteiger partial charge in [-0.1, -0.05) is 36.4 Å². The van der Waals surface area contributed by atoms with Gasteiger partial charge in [0, 0.05) is 36.4 Å². The lowest BCUT2D eigenvalue weighted by Gasteiger charge is -2.26. The van der Waals surface area contributed by atoms with Crippen LogP contribution in [0.15, 0.2) is 48.5 Å². The summed E-state index contributed by atoms with van der Waals surface area (Å²) in [6, 6.07) is 15.5. The summed E-state index contributed by atoms with van der Waals surface area (Å²) in [7, 11) is 0. The highest BCUT2D eigenvalue weighted by Gasteiger charge is 2.50. The highest BCUT2D eigenvalue weighted by molar-refractivity contribution is 6.07. The second kappa shape index (κ2) is 8.03. The summed E-state index contributed by atoms with van der Waals surface area (Å²) in [4.78, 5) is 38.7. The molecule has 170 valence electrons. The van der Waals surface area contributed by atoms with Gasteiger partial charge >= 0.3 is 5.97 Å². The number of hydrogen-bond donors (Lipinski definition) is 2. The lowest BCUT2D eigenvalue weighted by molar-refractivity contribution is -0.168. The summed E-state index contributed by atoms with van der Waals surface area (Å²) >= 11 is 0. The number of benzene rings is 2. The SMILES string of the molecule is CC(=O)N(c1cc(C2CCC(OC(=O)C3CC3)(C(N)=O)C2)[nH]n1)c1cccc2ccccc12. The Balaban J connectivity index is 1.42. The van der Waals surface area contributed by atoms with E-state index >= 15 is 0 Å². The Hall–Kier alpha value is -3.68. The predicted octanol–water partition coefficient (Wildman–Crippen LogP) is 3.69. The van der Waals surface area contributed by atoms with Gasteiger partial charge in [-0.05, 0) is 37.1 Å². The number of rotatable bonds is 6. The van der Waals surface area contributed by atoms with E-state index in [1.807, 2.05) is 48.5 Å².